The van der Waals surface area contributed by atoms with Gasteiger partial charge in [-0.25, -0.2) is 4.79 Å². The smallest absolute Gasteiger partial charge is 0.344 e. The minimum atomic E-state index is -0.610. The third-order valence-electron chi connectivity index (χ3n) is 4.11. The highest BCUT2D eigenvalue weighted by Gasteiger charge is 2.35. The monoisotopic (exact) mass is 316 g/mol. The number of benzene rings is 2. The van der Waals surface area contributed by atoms with E-state index in [2.05, 4.69) is 6.07 Å². The first-order valence-electron chi connectivity index (χ1n) is 7.39. The summed E-state index contributed by atoms with van der Waals surface area (Å²) in [5.74, 6) is -0.248. The summed E-state index contributed by atoms with van der Waals surface area (Å²) in [6.07, 6.45) is 0. The van der Waals surface area contributed by atoms with E-state index in [1.165, 1.54) is 0 Å². The first-order chi connectivity index (χ1) is 11.7. The molecule has 0 amide bonds. The van der Waals surface area contributed by atoms with Crippen LogP contribution >= 0.6 is 0 Å². The molecular weight excluding hydrogens is 304 g/mol. The summed E-state index contributed by atoms with van der Waals surface area (Å²) in [6.45, 7) is 0. The third kappa shape index (κ3) is 1.97. The van der Waals surface area contributed by atoms with E-state index in [0.29, 0.717) is 22.3 Å². The second-order valence-corrected chi connectivity index (χ2v) is 5.46. The van der Waals surface area contributed by atoms with Gasteiger partial charge in [0.15, 0.2) is 5.75 Å². The molecule has 0 saturated heterocycles. The van der Waals surface area contributed by atoms with E-state index in [-0.39, 0.29) is 11.5 Å². The molecule has 3 aromatic rings. The van der Waals surface area contributed by atoms with E-state index in [9.17, 15) is 10.1 Å². The summed E-state index contributed by atoms with van der Waals surface area (Å²) in [7, 11) is 0. The summed E-state index contributed by atoms with van der Waals surface area (Å²) in [6, 6.07) is 18.4. The van der Waals surface area contributed by atoms with Gasteiger partial charge < -0.3 is 14.9 Å². The fraction of sp³-hybridized carbons (Fsp3) is 0.0526. The molecule has 1 aliphatic heterocycles. The van der Waals surface area contributed by atoms with Crippen LogP contribution in [0.5, 0.6) is 5.75 Å². The normalized spacial score (nSPS) is 16.4. The van der Waals surface area contributed by atoms with Gasteiger partial charge in [0.05, 0.1) is 16.9 Å². The number of ether oxygens (including phenoxy) is 1. The Morgan fingerprint density at radius 3 is 2.50 bits per heavy atom. The van der Waals surface area contributed by atoms with Crippen LogP contribution in [0, 0.1) is 11.3 Å². The van der Waals surface area contributed by atoms with Gasteiger partial charge in [0.2, 0.25) is 5.88 Å². The van der Waals surface area contributed by atoms with E-state index in [1.807, 2.05) is 36.4 Å². The molecule has 1 aromatic heterocycles. The number of nitrogens with zero attached hydrogens (tertiary/aromatic N) is 1. The molecule has 0 fully saturated rings. The molecule has 116 valence electrons. The van der Waals surface area contributed by atoms with Crippen molar-refractivity contribution in [3.63, 3.8) is 0 Å². The molecule has 1 atom stereocenters. The van der Waals surface area contributed by atoms with Crippen LogP contribution in [0.3, 0.4) is 0 Å². The van der Waals surface area contributed by atoms with Crippen molar-refractivity contribution in [3.05, 3.63) is 87.6 Å². The Kier molecular flexibility index (Phi) is 3.10. The SMILES string of the molecule is N#CC1=C(N)Oc2c(c(=O)oc3ccccc23)[C@H]1c1ccccc1. The van der Waals surface area contributed by atoms with Crippen molar-refractivity contribution in [1.29, 1.82) is 5.26 Å². The van der Waals surface area contributed by atoms with Gasteiger partial charge in [0.1, 0.15) is 17.2 Å². The van der Waals surface area contributed by atoms with E-state index >= 15 is 0 Å². The largest absolute Gasteiger partial charge is 0.439 e. The molecule has 2 N–H and O–H groups in total. The van der Waals surface area contributed by atoms with Gasteiger partial charge in [-0.3, -0.25) is 0 Å². The van der Waals surface area contributed by atoms with Crippen LogP contribution in [-0.2, 0) is 0 Å². The Bertz CT molecular complexity index is 1080. The highest BCUT2D eigenvalue weighted by molar-refractivity contribution is 5.85. The third-order valence-corrected chi connectivity index (χ3v) is 4.11. The van der Waals surface area contributed by atoms with Crippen molar-refractivity contribution >= 4 is 11.0 Å². The Labute approximate surface area is 137 Å². The quantitative estimate of drug-likeness (QED) is 0.697. The Balaban J connectivity index is 2.10. The Hall–Kier alpha value is -3.52. The number of hydrogen-bond acceptors (Lipinski definition) is 5. The van der Waals surface area contributed by atoms with Gasteiger partial charge in [-0.2, -0.15) is 5.26 Å². The van der Waals surface area contributed by atoms with Crippen molar-refractivity contribution < 1.29 is 9.15 Å². The van der Waals surface area contributed by atoms with Crippen molar-refractivity contribution in [2.75, 3.05) is 0 Å². The molecular formula is C19H12N2O3. The predicted octanol–water partition coefficient (Wildman–Crippen LogP) is 3.01. The molecule has 2 aromatic carbocycles. The number of nitrogens with two attached hydrogens (primary N) is 1. The number of nitriles is 1. The maximum Gasteiger partial charge on any atom is 0.344 e. The van der Waals surface area contributed by atoms with Gasteiger partial charge in [-0.1, -0.05) is 42.5 Å². The molecule has 2 heterocycles. The molecule has 1 aliphatic rings. The molecule has 0 bridgehead atoms. The van der Waals surface area contributed by atoms with Gasteiger partial charge in [0, 0.05) is 0 Å². The summed E-state index contributed by atoms with van der Waals surface area (Å²) < 4.78 is 11.1. The molecule has 0 radical (unpaired) electrons. The number of allylic oxidation sites excluding steroid dienone is 1. The maximum atomic E-state index is 12.6. The van der Waals surface area contributed by atoms with Crippen LogP contribution in [0.4, 0.5) is 0 Å². The zero-order chi connectivity index (χ0) is 16.7. The topological polar surface area (TPSA) is 89.3 Å². The van der Waals surface area contributed by atoms with E-state index in [4.69, 9.17) is 14.9 Å². The van der Waals surface area contributed by atoms with E-state index in [0.717, 1.165) is 5.56 Å². The second-order valence-electron chi connectivity index (χ2n) is 5.46. The van der Waals surface area contributed by atoms with Gasteiger partial charge in [-0.05, 0) is 17.7 Å². The Morgan fingerprint density at radius 2 is 1.75 bits per heavy atom. The molecule has 0 saturated carbocycles. The van der Waals surface area contributed by atoms with E-state index in [1.54, 1.807) is 18.2 Å². The summed E-state index contributed by atoms with van der Waals surface area (Å²) >= 11 is 0. The molecule has 0 unspecified atom stereocenters. The van der Waals surface area contributed by atoms with Crippen LogP contribution in [0.25, 0.3) is 11.0 Å². The van der Waals surface area contributed by atoms with Crippen molar-refractivity contribution in [1.82, 2.24) is 0 Å². The first-order valence-corrected chi connectivity index (χ1v) is 7.39. The Morgan fingerprint density at radius 1 is 1.04 bits per heavy atom. The number of para-hydroxylation sites is 1. The molecule has 0 aliphatic carbocycles. The van der Waals surface area contributed by atoms with Crippen LogP contribution in [0.1, 0.15) is 17.0 Å². The van der Waals surface area contributed by atoms with Gasteiger partial charge in [-0.15, -0.1) is 0 Å². The fourth-order valence-corrected chi connectivity index (χ4v) is 3.04. The fourth-order valence-electron chi connectivity index (χ4n) is 3.04. The lowest BCUT2D eigenvalue weighted by molar-refractivity contribution is 0.388. The van der Waals surface area contributed by atoms with Crippen LogP contribution < -0.4 is 16.1 Å². The van der Waals surface area contributed by atoms with Crippen molar-refractivity contribution in [2.45, 2.75) is 5.92 Å². The summed E-state index contributed by atoms with van der Waals surface area (Å²) in [4.78, 5) is 12.6. The van der Waals surface area contributed by atoms with Crippen LogP contribution in [-0.4, -0.2) is 0 Å². The van der Waals surface area contributed by atoms with Crippen molar-refractivity contribution in [2.24, 2.45) is 5.73 Å². The predicted molar refractivity (Wildman–Crippen MR) is 88.2 cm³/mol. The average Bonchev–Trinajstić information content (AvgIpc) is 2.61. The van der Waals surface area contributed by atoms with E-state index < -0.39 is 11.5 Å². The highest BCUT2D eigenvalue weighted by atomic mass is 16.5. The molecule has 24 heavy (non-hydrogen) atoms. The first kappa shape index (κ1) is 14.1. The van der Waals surface area contributed by atoms with Gasteiger partial charge in [0.25, 0.3) is 0 Å². The number of hydrogen-bond donors (Lipinski definition) is 1. The van der Waals surface area contributed by atoms with Gasteiger partial charge >= 0.3 is 5.63 Å². The van der Waals surface area contributed by atoms with Crippen LogP contribution in [0.2, 0.25) is 0 Å². The highest BCUT2D eigenvalue weighted by Crippen LogP contribution is 2.43. The summed E-state index contributed by atoms with van der Waals surface area (Å²) in [5.41, 5.74) is 7.15. The van der Waals surface area contributed by atoms with Crippen LogP contribution in [0.15, 0.2) is 75.3 Å². The second kappa shape index (κ2) is 5.28. The maximum absolute atomic E-state index is 12.6. The minimum Gasteiger partial charge on any atom is -0.439 e. The van der Waals surface area contributed by atoms with Crippen molar-refractivity contribution in [3.8, 4) is 11.8 Å². The minimum absolute atomic E-state index is 0.00889. The lowest BCUT2D eigenvalue weighted by Crippen LogP contribution is -2.26. The average molecular weight is 316 g/mol. The number of fused-ring (bicyclic) bond motifs is 3. The summed E-state index contributed by atoms with van der Waals surface area (Å²) in [5, 5.41) is 10.2. The molecule has 5 heteroatoms. The zero-order valence-electron chi connectivity index (χ0n) is 12.5. The number of rotatable bonds is 1. The lowest BCUT2D eigenvalue weighted by atomic mass is 9.84. The standard InChI is InChI=1S/C19H12N2O3/c20-10-13-15(11-6-2-1-3-7-11)16-17(24-18(13)21)12-8-4-5-9-14(12)23-19(16)22/h1-9,15H,21H2/t15-/m0/s1. The lowest BCUT2D eigenvalue weighted by Gasteiger charge is -2.25. The molecule has 5 nitrogen and oxygen atoms in total. The zero-order valence-corrected chi connectivity index (χ0v) is 12.5. The molecule has 0 spiro atoms. The molecule has 4 rings (SSSR count).